The zero-order chi connectivity index (χ0) is 26.8. The van der Waals surface area contributed by atoms with Gasteiger partial charge in [-0.05, 0) is 71.6 Å². The number of hydrogen-bond acceptors (Lipinski definition) is 4. The Morgan fingerprint density at radius 1 is 1.03 bits per heavy atom. The second-order valence-electron chi connectivity index (χ2n) is 9.73. The number of carbonyl (C=O) groups excluding carboxylic acids is 2. The van der Waals surface area contributed by atoms with Crippen LogP contribution in [0.5, 0.6) is 5.75 Å². The minimum absolute atomic E-state index is 0.200. The van der Waals surface area contributed by atoms with Gasteiger partial charge in [0.2, 0.25) is 0 Å². The molecule has 0 N–H and O–H groups in total. The van der Waals surface area contributed by atoms with Crippen LogP contribution in [-0.2, 0) is 11.3 Å². The number of carbonyl (C=O) groups is 2. The van der Waals surface area contributed by atoms with E-state index in [2.05, 4.69) is 36.6 Å². The quantitative estimate of drug-likeness (QED) is 0.212. The fourth-order valence-corrected chi connectivity index (χ4v) is 5.61. The molecule has 0 atom stereocenters. The predicted molar refractivity (Wildman–Crippen MR) is 156 cm³/mol. The van der Waals surface area contributed by atoms with Gasteiger partial charge in [0.25, 0.3) is 11.1 Å². The van der Waals surface area contributed by atoms with Gasteiger partial charge in [-0.25, -0.2) is 0 Å². The van der Waals surface area contributed by atoms with E-state index in [9.17, 15) is 9.59 Å². The van der Waals surface area contributed by atoms with Gasteiger partial charge in [-0.1, -0.05) is 67.9 Å². The number of amides is 2. The van der Waals surface area contributed by atoms with Crippen LogP contribution >= 0.6 is 23.4 Å². The number of imide groups is 1. The van der Waals surface area contributed by atoms with Gasteiger partial charge in [0, 0.05) is 34.2 Å². The van der Waals surface area contributed by atoms with Crippen LogP contribution < -0.4 is 4.74 Å². The van der Waals surface area contributed by atoms with Crippen LogP contribution in [0.3, 0.4) is 0 Å². The average Bonchev–Trinajstić information content (AvgIpc) is 3.37. The molecule has 5 nitrogen and oxygen atoms in total. The molecule has 1 aliphatic rings. The largest absolute Gasteiger partial charge is 0.491 e. The number of aryl methyl sites for hydroxylation is 1. The Hall–Kier alpha value is -3.48. The second kappa shape index (κ2) is 11.1. The van der Waals surface area contributed by atoms with Crippen LogP contribution in [0.2, 0.25) is 5.02 Å². The minimum atomic E-state index is -0.286. The maximum atomic E-state index is 13.2. The number of ether oxygens (including phenoxy) is 1. The van der Waals surface area contributed by atoms with Crippen molar-refractivity contribution in [3.63, 3.8) is 0 Å². The van der Waals surface area contributed by atoms with E-state index < -0.39 is 0 Å². The minimum Gasteiger partial charge on any atom is -0.491 e. The van der Waals surface area contributed by atoms with E-state index in [1.165, 1.54) is 4.90 Å². The SMILES string of the molecule is Cc1ccc(C(C)C)c(OCCN2C(=O)S/C(=C\c3cn(Cc4ccc(Cl)cc4)c4ccccc34)C2=O)c1. The highest BCUT2D eigenvalue weighted by molar-refractivity contribution is 8.18. The van der Waals surface area contributed by atoms with E-state index >= 15 is 0 Å². The molecule has 4 aromatic rings. The molecule has 0 spiro atoms. The molecule has 0 bridgehead atoms. The monoisotopic (exact) mass is 544 g/mol. The topological polar surface area (TPSA) is 51.5 Å². The van der Waals surface area contributed by atoms with Gasteiger partial charge in [-0.3, -0.25) is 14.5 Å². The summed E-state index contributed by atoms with van der Waals surface area (Å²) in [6, 6.07) is 22.0. The van der Waals surface area contributed by atoms with Gasteiger partial charge >= 0.3 is 0 Å². The van der Waals surface area contributed by atoms with Crippen molar-refractivity contribution in [2.75, 3.05) is 13.2 Å². The number of fused-ring (bicyclic) bond motifs is 1. The zero-order valence-corrected chi connectivity index (χ0v) is 23.2. The van der Waals surface area contributed by atoms with Gasteiger partial charge in [0.05, 0.1) is 11.4 Å². The van der Waals surface area contributed by atoms with E-state index in [0.29, 0.717) is 22.4 Å². The summed E-state index contributed by atoms with van der Waals surface area (Å²) < 4.78 is 8.18. The summed E-state index contributed by atoms with van der Waals surface area (Å²) in [6.45, 7) is 7.36. The van der Waals surface area contributed by atoms with Crippen molar-refractivity contribution in [2.45, 2.75) is 33.2 Å². The maximum Gasteiger partial charge on any atom is 0.293 e. The van der Waals surface area contributed by atoms with Crippen LogP contribution in [0.15, 0.2) is 77.8 Å². The Morgan fingerprint density at radius 3 is 2.55 bits per heavy atom. The fraction of sp³-hybridized carbons (Fsp3) is 0.226. The van der Waals surface area contributed by atoms with E-state index in [1.807, 2.05) is 67.7 Å². The third kappa shape index (κ3) is 5.52. The highest BCUT2D eigenvalue weighted by Gasteiger charge is 2.35. The molecule has 0 aliphatic carbocycles. The third-order valence-electron chi connectivity index (χ3n) is 6.61. The summed E-state index contributed by atoms with van der Waals surface area (Å²) in [5.74, 6) is 0.829. The average molecular weight is 545 g/mol. The highest BCUT2D eigenvalue weighted by Crippen LogP contribution is 2.34. The van der Waals surface area contributed by atoms with Gasteiger partial charge < -0.3 is 9.30 Å². The molecule has 0 saturated carbocycles. The summed E-state index contributed by atoms with van der Waals surface area (Å²) in [4.78, 5) is 27.6. The molecule has 1 aliphatic heterocycles. The summed E-state index contributed by atoms with van der Waals surface area (Å²) in [7, 11) is 0. The van der Waals surface area contributed by atoms with E-state index in [1.54, 1.807) is 0 Å². The van der Waals surface area contributed by atoms with Crippen molar-refractivity contribution in [2.24, 2.45) is 0 Å². The Balaban J connectivity index is 1.33. The fourth-order valence-electron chi connectivity index (χ4n) is 4.63. The number of para-hydroxylation sites is 1. The van der Waals surface area contributed by atoms with Crippen LogP contribution in [-0.4, -0.2) is 33.8 Å². The predicted octanol–water partition coefficient (Wildman–Crippen LogP) is 7.89. The lowest BCUT2D eigenvalue weighted by molar-refractivity contribution is -0.123. The van der Waals surface area contributed by atoms with Crippen molar-refractivity contribution >= 4 is 51.5 Å². The van der Waals surface area contributed by atoms with Crippen molar-refractivity contribution in [1.29, 1.82) is 0 Å². The maximum absolute atomic E-state index is 13.2. The molecule has 38 heavy (non-hydrogen) atoms. The first-order valence-electron chi connectivity index (χ1n) is 12.6. The molecule has 2 heterocycles. The zero-order valence-electron chi connectivity index (χ0n) is 21.6. The Morgan fingerprint density at radius 2 is 1.79 bits per heavy atom. The third-order valence-corrected chi connectivity index (χ3v) is 7.77. The number of nitrogens with zero attached hydrogens (tertiary/aromatic N) is 2. The van der Waals surface area contributed by atoms with Crippen LogP contribution in [0.4, 0.5) is 4.79 Å². The number of thioether (sulfide) groups is 1. The Bertz CT molecular complexity index is 1540. The smallest absolute Gasteiger partial charge is 0.293 e. The molecule has 7 heteroatoms. The lowest BCUT2D eigenvalue weighted by atomic mass is 10.0. The molecule has 0 unspecified atom stereocenters. The number of hydrogen-bond donors (Lipinski definition) is 0. The van der Waals surface area contributed by atoms with Crippen LogP contribution in [0.25, 0.3) is 17.0 Å². The summed E-state index contributed by atoms with van der Waals surface area (Å²) in [5.41, 5.74) is 5.29. The lowest BCUT2D eigenvalue weighted by Crippen LogP contribution is -2.32. The molecule has 1 fully saturated rings. The standard InChI is InChI=1S/C31H29ClN2O3S/c1-20(2)25-13-8-21(3)16-28(25)37-15-14-34-30(35)29(38-31(34)36)17-23-19-33(27-7-5-4-6-26(23)27)18-22-9-11-24(32)12-10-22/h4-13,16-17,19-20H,14-15,18H2,1-3H3/b29-17-. The van der Waals surface area contributed by atoms with E-state index in [0.717, 1.165) is 50.7 Å². The Labute approximate surface area is 232 Å². The van der Waals surface area contributed by atoms with Crippen LogP contribution in [0, 0.1) is 6.92 Å². The molecular formula is C31H29ClN2O3S. The summed E-state index contributed by atoms with van der Waals surface area (Å²) >= 11 is 7.02. The number of benzene rings is 3. The van der Waals surface area contributed by atoms with Crippen molar-refractivity contribution in [3.05, 3.63) is 105 Å². The van der Waals surface area contributed by atoms with Crippen molar-refractivity contribution < 1.29 is 14.3 Å². The number of halogens is 1. The first-order chi connectivity index (χ1) is 18.3. The lowest BCUT2D eigenvalue weighted by Gasteiger charge is -2.17. The Kier molecular flexibility index (Phi) is 7.63. The number of aromatic nitrogens is 1. The van der Waals surface area contributed by atoms with Gasteiger partial charge in [0.1, 0.15) is 12.4 Å². The van der Waals surface area contributed by atoms with E-state index in [-0.39, 0.29) is 24.3 Å². The molecule has 1 aromatic heterocycles. The van der Waals surface area contributed by atoms with Gasteiger partial charge in [-0.2, -0.15) is 0 Å². The summed E-state index contributed by atoms with van der Waals surface area (Å²) in [5, 5.41) is 1.45. The molecule has 5 rings (SSSR count). The first-order valence-corrected chi connectivity index (χ1v) is 13.8. The molecule has 194 valence electrons. The second-order valence-corrected chi connectivity index (χ2v) is 11.2. The normalized spacial score (nSPS) is 14.9. The van der Waals surface area contributed by atoms with Crippen LogP contribution in [0.1, 0.15) is 42.0 Å². The molecular weight excluding hydrogens is 516 g/mol. The van der Waals surface area contributed by atoms with Crippen molar-refractivity contribution in [1.82, 2.24) is 9.47 Å². The highest BCUT2D eigenvalue weighted by atomic mass is 35.5. The van der Waals surface area contributed by atoms with E-state index in [4.69, 9.17) is 16.3 Å². The molecule has 0 radical (unpaired) electrons. The van der Waals surface area contributed by atoms with Crippen molar-refractivity contribution in [3.8, 4) is 5.75 Å². The molecule has 3 aromatic carbocycles. The van der Waals surface area contributed by atoms with Gasteiger partial charge in [0.15, 0.2) is 0 Å². The van der Waals surface area contributed by atoms with Gasteiger partial charge in [-0.15, -0.1) is 0 Å². The first kappa shape index (κ1) is 26.1. The summed E-state index contributed by atoms with van der Waals surface area (Å²) in [6.07, 6.45) is 3.85. The molecule has 1 saturated heterocycles. The molecule has 2 amide bonds. The number of rotatable bonds is 8.